The van der Waals surface area contributed by atoms with E-state index in [-0.39, 0.29) is 18.1 Å². The number of nitro benzene ring substituents is 1. The van der Waals surface area contributed by atoms with Crippen LogP contribution in [0.25, 0.3) is 0 Å². The van der Waals surface area contributed by atoms with Gasteiger partial charge in [-0.05, 0) is 48.4 Å². The molecule has 0 unspecified atom stereocenters. The molecule has 0 atom stereocenters. The molecule has 0 aliphatic carbocycles. The Morgan fingerprint density at radius 3 is 2.92 bits per heavy atom. The van der Waals surface area contributed by atoms with Gasteiger partial charge in [0.1, 0.15) is 5.69 Å². The van der Waals surface area contributed by atoms with Crippen molar-refractivity contribution >= 4 is 28.6 Å². The standard InChI is InChI=1S/C17H19N3O3S/c1-11-3-4-14(20(22)23)17(12(11)2)18-16(21)10-19-7-5-15-13(9-19)6-8-24-15/h3-4,6,8H,5,7,9-10H2,1-2H3,(H,18,21). The number of nitrogens with zero attached hydrogens (tertiary/aromatic N) is 2. The molecule has 1 amide bonds. The van der Waals surface area contributed by atoms with Crippen LogP contribution in [-0.2, 0) is 17.8 Å². The third kappa shape index (κ3) is 3.32. The maximum atomic E-state index is 12.4. The van der Waals surface area contributed by atoms with Crippen LogP contribution in [0.5, 0.6) is 0 Å². The second-order valence-corrected chi connectivity index (χ2v) is 7.04. The lowest BCUT2D eigenvalue weighted by atomic mass is 10.1. The van der Waals surface area contributed by atoms with Gasteiger partial charge in [-0.15, -0.1) is 11.3 Å². The number of thiophene rings is 1. The minimum absolute atomic E-state index is 0.0646. The second-order valence-electron chi connectivity index (χ2n) is 6.04. The molecule has 0 radical (unpaired) electrons. The minimum atomic E-state index is -0.458. The zero-order valence-electron chi connectivity index (χ0n) is 13.7. The lowest BCUT2D eigenvalue weighted by Gasteiger charge is -2.26. The largest absolute Gasteiger partial charge is 0.319 e. The Kier molecular flexibility index (Phi) is 4.64. The minimum Gasteiger partial charge on any atom is -0.319 e. The van der Waals surface area contributed by atoms with E-state index < -0.39 is 4.92 Å². The molecule has 0 bridgehead atoms. The van der Waals surface area contributed by atoms with Gasteiger partial charge in [-0.3, -0.25) is 19.8 Å². The predicted octanol–water partition coefficient (Wildman–Crippen LogP) is 3.27. The van der Waals surface area contributed by atoms with Crippen LogP contribution < -0.4 is 5.32 Å². The normalized spacial score (nSPS) is 14.2. The molecule has 0 fully saturated rings. The number of carbonyl (C=O) groups is 1. The highest BCUT2D eigenvalue weighted by Crippen LogP contribution is 2.30. The number of hydrogen-bond acceptors (Lipinski definition) is 5. The number of hydrogen-bond donors (Lipinski definition) is 1. The van der Waals surface area contributed by atoms with Crippen molar-refractivity contribution in [2.24, 2.45) is 0 Å². The van der Waals surface area contributed by atoms with E-state index in [0.29, 0.717) is 5.69 Å². The van der Waals surface area contributed by atoms with Crippen LogP contribution in [0.4, 0.5) is 11.4 Å². The van der Waals surface area contributed by atoms with E-state index >= 15 is 0 Å². The Bertz CT molecular complexity index is 800. The van der Waals surface area contributed by atoms with E-state index in [0.717, 1.165) is 30.6 Å². The van der Waals surface area contributed by atoms with Crippen LogP contribution in [0, 0.1) is 24.0 Å². The SMILES string of the molecule is Cc1ccc([N+](=O)[O-])c(NC(=O)CN2CCc3sccc3C2)c1C. The zero-order valence-corrected chi connectivity index (χ0v) is 14.5. The molecule has 126 valence electrons. The molecule has 1 aromatic carbocycles. The van der Waals surface area contributed by atoms with Crippen molar-refractivity contribution in [2.45, 2.75) is 26.8 Å². The molecule has 24 heavy (non-hydrogen) atoms. The number of carbonyl (C=O) groups excluding carboxylic acids is 1. The van der Waals surface area contributed by atoms with E-state index in [1.54, 1.807) is 24.3 Å². The summed E-state index contributed by atoms with van der Waals surface area (Å²) in [5.74, 6) is -0.217. The number of benzene rings is 1. The Morgan fingerprint density at radius 2 is 2.17 bits per heavy atom. The van der Waals surface area contributed by atoms with Crippen LogP contribution >= 0.6 is 11.3 Å². The zero-order chi connectivity index (χ0) is 17.3. The first-order chi connectivity index (χ1) is 11.5. The summed E-state index contributed by atoms with van der Waals surface area (Å²) >= 11 is 1.76. The van der Waals surface area contributed by atoms with Gasteiger partial charge in [0.25, 0.3) is 5.69 Å². The number of nitrogens with one attached hydrogen (secondary N) is 1. The maximum absolute atomic E-state index is 12.4. The average Bonchev–Trinajstić information content (AvgIpc) is 2.99. The molecule has 1 aliphatic heterocycles. The number of aryl methyl sites for hydroxylation is 1. The van der Waals surface area contributed by atoms with Crippen molar-refractivity contribution in [3.05, 3.63) is 55.3 Å². The van der Waals surface area contributed by atoms with Crippen molar-refractivity contribution in [3.8, 4) is 0 Å². The first-order valence-corrected chi connectivity index (χ1v) is 8.65. The Labute approximate surface area is 144 Å². The van der Waals surface area contributed by atoms with Crippen LogP contribution in [0.3, 0.4) is 0 Å². The van der Waals surface area contributed by atoms with Crippen LogP contribution in [0.15, 0.2) is 23.6 Å². The monoisotopic (exact) mass is 345 g/mol. The first-order valence-electron chi connectivity index (χ1n) is 7.77. The molecule has 0 saturated carbocycles. The van der Waals surface area contributed by atoms with Gasteiger partial charge in [-0.1, -0.05) is 6.07 Å². The smallest absolute Gasteiger partial charge is 0.293 e. The molecule has 0 saturated heterocycles. The molecular formula is C17H19N3O3S. The van der Waals surface area contributed by atoms with Crippen molar-refractivity contribution < 1.29 is 9.72 Å². The van der Waals surface area contributed by atoms with Gasteiger partial charge in [0.2, 0.25) is 5.91 Å². The topological polar surface area (TPSA) is 75.5 Å². The van der Waals surface area contributed by atoms with Crippen molar-refractivity contribution in [3.63, 3.8) is 0 Å². The van der Waals surface area contributed by atoms with E-state index in [1.165, 1.54) is 16.5 Å². The summed E-state index contributed by atoms with van der Waals surface area (Å²) in [7, 11) is 0. The summed E-state index contributed by atoms with van der Waals surface area (Å²) in [5.41, 5.74) is 3.16. The third-order valence-corrected chi connectivity index (χ3v) is 5.45. The Hall–Kier alpha value is -2.25. The molecule has 1 N–H and O–H groups in total. The molecule has 3 rings (SSSR count). The number of amides is 1. The first kappa shape index (κ1) is 16.6. The molecule has 2 aromatic rings. The van der Waals surface area contributed by atoms with Gasteiger partial charge in [0, 0.05) is 24.0 Å². The summed E-state index contributed by atoms with van der Waals surface area (Å²) < 4.78 is 0. The van der Waals surface area contributed by atoms with Crippen LogP contribution in [-0.4, -0.2) is 28.8 Å². The van der Waals surface area contributed by atoms with Gasteiger partial charge in [0.05, 0.1) is 11.5 Å². The van der Waals surface area contributed by atoms with Crippen molar-refractivity contribution in [1.82, 2.24) is 4.90 Å². The predicted molar refractivity (Wildman–Crippen MR) is 94.5 cm³/mol. The fraction of sp³-hybridized carbons (Fsp3) is 0.353. The summed E-state index contributed by atoms with van der Waals surface area (Å²) in [4.78, 5) is 26.6. The lowest BCUT2D eigenvalue weighted by molar-refractivity contribution is -0.384. The number of anilines is 1. The quantitative estimate of drug-likeness (QED) is 0.682. The molecule has 7 heteroatoms. The van der Waals surface area contributed by atoms with Gasteiger partial charge in [-0.2, -0.15) is 0 Å². The second kappa shape index (κ2) is 6.70. The Balaban J connectivity index is 1.72. The van der Waals surface area contributed by atoms with E-state index in [9.17, 15) is 14.9 Å². The van der Waals surface area contributed by atoms with Gasteiger partial charge in [0.15, 0.2) is 0 Å². The summed E-state index contributed by atoms with van der Waals surface area (Å²) in [6.07, 6.45) is 0.948. The van der Waals surface area contributed by atoms with E-state index in [2.05, 4.69) is 21.7 Å². The molecule has 2 heterocycles. The summed E-state index contributed by atoms with van der Waals surface area (Å²) in [5, 5.41) is 16.0. The van der Waals surface area contributed by atoms with Crippen molar-refractivity contribution in [2.75, 3.05) is 18.4 Å². The average molecular weight is 345 g/mol. The van der Waals surface area contributed by atoms with Gasteiger partial charge >= 0.3 is 0 Å². The molecule has 1 aliphatic rings. The summed E-state index contributed by atoms with van der Waals surface area (Å²) in [6.45, 7) is 5.48. The van der Waals surface area contributed by atoms with Crippen LogP contribution in [0.2, 0.25) is 0 Å². The highest BCUT2D eigenvalue weighted by Gasteiger charge is 2.22. The summed E-state index contributed by atoms with van der Waals surface area (Å²) in [6, 6.07) is 5.24. The third-order valence-electron chi connectivity index (χ3n) is 4.43. The Morgan fingerprint density at radius 1 is 1.38 bits per heavy atom. The molecule has 6 nitrogen and oxygen atoms in total. The highest BCUT2D eigenvalue weighted by molar-refractivity contribution is 7.10. The van der Waals surface area contributed by atoms with E-state index in [1.807, 2.05) is 6.92 Å². The van der Waals surface area contributed by atoms with Gasteiger partial charge in [-0.25, -0.2) is 0 Å². The molecular weight excluding hydrogens is 326 g/mol. The number of nitro groups is 1. The van der Waals surface area contributed by atoms with Crippen LogP contribution in [0.1, 0.15) is 21.6 Å². The fourth-order valence-corrected chi connectivity index (χ4v) is 3.83. The number of fused-ring (bicyclic) bond motifs is 1. The van der Waals surface area contributed by atoms with Crippen molar-refractivity contribution in [1.29, 1.82) is 0 Å². The lowest BCUT2D eigenvalue weighted by Crippen LogP contribution is -2.36. The maximum Gasteiger partial charge on any atom is 0.293 e. The van der Waals surface area contributed by atoms with E-state index in [4.69, 9.17) is 0 Å². The molecule has 0 spiro atoms. The fourth-order valence-electron chi connectivity index (χ4n) is 2.94. The molecule has 1 aromatic heterocycles. The highest BCUT2D eigenvalue weighted by atomic mass is 32.1. The van der Waals surface area contributed by atoms with Gasteiger partial charge < -0.3 is 5.32 Å². The number of rotatable bonds is 4.